The van der Waals surface area contributed by atoms with Crippen molar-refractivity contribution >= 4 is 23.5 Å². The molecule has 1 heterocycles. The van der Waals surface area contributed by atoms with Crippen molar-refractivity contribution in [2.75, 3.05) is 5.75 Å². The molecule has 1 aromatic rings. The van der Waals surface area contributed by atoms with Gasteiger partial charge in [0.2, 0.25) is 5.91 Å². The summed E-state index contributed by atoms with van der Waals surface area (Å²) in [6, 6.07) is 0. The van der Waals surface area contributed by atoms with Crippen molar-refractivity contribution in [1.82, 2.24) is 15.3 Å². The minimum Gasteiger partial charge on any atom is -0.350 e. The van der Waals surface area contributed by atoms with E-state index in [2.05, 4.69) is 15.3 Å². The molecule has 1 aromatic heterocycles. The maximum Gasteiger partial charge on any atom is 0.230 e. The zero-order valence-corrected chi connectivity index (χ0v) is 16.6. The Labute approximate surface area is 159 Å². The fourth-order valence-electron chi connectivity index (χ4n) is 5.92. The molecule has 0 saturated heterocycles. The van der Waals surface area contributed by atoms with Gasteiger partial charge in [-0.25, -0.2) is 9.97 Å². The van der Waals surface area contributed by atoms with Gasteiger partial charge in [0.1, 0.15) is 10.9 Å². The van der Waals surface area contributed by atoms with E-state index in [9.17, 15) is 9.59 Å². The summed E-state index contributed by atoms with van der Waals surface area (Å²) in [6.45, 7) is 5.17. The minimum absolute atomic E-state index is 0.0350. The van der Waals surface area contributed by atoms with E-state index in [1.807, 2.05) is 13.8 Å². The fourth-order valence-corrected chi connectivity index (χ4v) is 6.89. The van der Waals surface area contributed by atoms with Crippen molar-refractivity contribution in [1.29, 1.82) is 0 Å². The third-order valence-corrected chi connectivity index (χ3v) is 7.28. The molecule has 140 valence electrons. The summed E-state index contributed by atoms with van der Waals surface area (Å²) in [4.78, 5) is 33.3. The highest BCUT2D eigenvalue weighted by Crippen LogP contribution is 2.55. The van der Waals surface area contributed by atoms with Crippen LogP contribution in [0.4, 0.5) is 0 Å². The second-order valence-corrected chi connectivity index (χ2v) is 9.59. The third kappa shape index (κ3) is 3.40. The first-order valence-corrected chi connectivity index (χ1v) is 10.6. The number of aromatic nitrogens is 2. The number of Topliss-reactive ketones (excluding diaryl/α,β-unsaturated/α-hetero) is 1. The number of carbonyl (C=O) groups excluding carboxylic acids is 2. The van der Waals surface area contributed by atoms with Crippen LogP contribution in [0.3, 0.4) is 0 Å². The highest BCUT2D eigenvalue weighted by Gasteiger charge is 2.51. The van der Waals surface area contributed by atoms with E-state index >= 15 is 0 Å². The topological polar surface area (TPSA) is 72.0 Å². The second kappa shape index (κ2) is 6.63. The van der Waals surface area contributed by atoms with Crippen LogP contribution in [-0.2, 0) is 4.79 Å². The SMILES string of the molecule is CC(=O)c1c(C)nc(C)nc1SCC(=O)NC12CC3CC(CC(C3)C1)C2. The highest BCUT2D eigenvalue weighted by molar-refractivity contribution is 8.00. The van der Waals surface area contributed by atoms with Gasteiger partial charge in [-0.15, -0.1) is 0 Å². The number of ketones is 1. The van der Waals surface area contributed by atoms with Gasteiger partial charge >= 0.3 is 0 Å². The summed E-state index contributed by atoms with van der Waals surface area (Å²) in [5.41, 5.74) is 1.27. The van der Waals surface area contributed by atoms with Crippen LogP contribution in [0.15, 0.2) is 5.03 Å². The van der Waals surface area contributed by atoms with Gasteiger partial charge in [0.25, 0.3) is 0 Å². The Balaban J connectivity index is 1.43. The number of amides is 1. The Morgan fingerprint density at radius 3 is 2.19 bits per heavy atom. The molecule has 0 radical (unpaired) electrons. The van der Waals surface area contributed by atoms with Crippen molar-refractivity contribution in [2.45, 2.75) is 69.9 Å². The molecule has 4 aliphatic rings. The molecule has 1 amide bonds. The van der Waals surface area contributed by atoms with Crippen molar-refractivity contribution in [3.8, 4) is 0 Å². The molecule has 0 aromatic carbocycles. The van der Waals surface area contributed by atoms with Crippen LogP contribution in [0, 0.1) is 31.6 Å². The quantitative estimate of drug-likeness (QED) is 0.486. The van der Waals surface area contributed by atoms with Gasteiger partial charge < -0.3 is 5.32 Å². The van der Waals surface area contributed by atoms with Gasteiger partial charge in [-0.1, -0.05) is 11.8 Å². The lowest BCUT2D eigenvalue weighted by atomic mass is 9.53. The van der Waals surface area contributed by atoms with Gasteiger partial charge in [-0.3, -0.25) is 9.59 Å². The summed E-state index contributed by atoms with van der Waals surface area (Å²) < 4.78 is 0. The summed E-state index contributed by atoms with van der Waals surface area (Å²) >= 11 is 1.36. The van der Waals surface area contributed by atoms with E-state index in [1.165, 1.54) is 37.9 Å². The van der Waals surface area contributed by atoms with Crippen LogP contribution in [-0.4, -0.2) is 33.0 Å². The Morgan fingerprint density at radius 1 is 1.08 bits per heavy atom. The number of carbonyl (C=O) groups is 2. The maximum atomic E-state index is 12.7. The smallest absolute Gasteiger partial charge is 0.230 e. The molecule has 4 bridgehead atoms. The Hall–Kier alpha value is -1.43. The first-order valence-electron chi connectivity index (χ1n) is 9.63. The predicted octanol–water partition coefficient (Wildman–Crippen LogP) is 3.47. The molecular weight excluding hydrogens is 346 g/mol. The van der Waals surface area contributed by atoms with Crippen LogP contribution in [0.1, 0.15) is 67.3 Å². The molecule has 4 saturated carbocycles. The number of rotatable bonds is 5. The molecule has 5 rings (SSSR count). The summed E-state index contributed by atoms with van der Waals surface area (Å²) in [5, 5.41) is 4.01. The molecule has 1 N–H and O–H groups in total. The molecule has 0 spiro atoms. The molecule has 0 unspecified atom stereocenters. The van der Waals surface area contributed by atoms with Crippen LogP contribution >= 0.6 is 11.8 Å². The summed E-state index contributed by atoms with van der Waals surface area (Å²) in [7, 11) is 0. The lowest BCUT2D eigenvalue weighted by Gasteiger charge is -2.56. The van der Waals surface area contributed by atoms with Crippen LogP contribution in [0.5, 0.6) is 0 Å². The summed E-state index contributed by atoms with van der Waals surface area (Å²) in [5.74, 6) is 3.39. The number of hydrogen-bond acceptors (Lipinski definition) is 5. The Bertz CT molecular complexity index is 726. The molecule has 0 aliphatic heterocycles. The van der Waals surface area contributed by atoms with Gasteiger partial charge in [-0.05, 0) is 77.0 Å². The minimum atomic E-state index is -0.0495. The Morgan fingerprint density at radius 2 is 1.65 bits per heavy atom. The average molecular weight is 374 g/mol. The van der Waals surface area contributed by atoms with E-state index in [-0.39, 0.29) is 17.2 Å². The van der Waals surface area contributed by atoms with E-state index in [4.69, 9.17) is 0 Å². The van der Waals surface area contributed by atoms with E-state index in [0.717, 1.165) is 37.0 Å². The largest absolute Gasteiger partial charge is 0.350 e. The molecule has 0 atom stereocenters. The van der Waals surface area contributed by atoms with Crippen molar-refractivity contribution in [3.63, 3.8) is 0 Å². The van der Waals surface area contributed by atoms with Crippen LogP contribution in [0.25, 0.3) is 0 Å². The van der Waals surface area contributed by atoms with Gasteiger partial charge in [0.05, 0.1) is 17.0 Å². The van der Waals surface area contributed by atoms with Crippen LogP contribution in [0.2, 0.25) is 0 Å². The van der Waals surface area contributed by atoms with Crippen molar-refractivity contribution in [3.05, 3.63) is 17.1 Å². The van der Waals surface area contributed by atoms with E-state index in [0.29, 0.717) is 27.9 Å². The maximum absolute atomic E-state index is 12.7. The number of thioether (sulfide) groups is 1. The third-order valence-electron chi connectivity index (χ3n) is 6.30. The molecule has 26 heavy (non-hydrogen) atoms. The predicted molar refractivity (Wildman–Crippen MR) is 101 cm³/mol. The zero-order chi connectivity index (χ0) is 18.5. The highest BCUT2D eigenvalue weighted by atomic mass is 32.2. The van der Waals surface area contributed by atoms with Gasteiger partial charge in [-0.2, -0.15) is 0 Å². The monoisotopic (exact) mass is 373 g/mol. The van der Waals surface area contributed by atoms with Crippen molar-refractivity contribution in [2.24, 2.45) is 17.8 Å². The zero-order valence-electron chi connectivity index (χ0n) is 15.8. The standard InChI is InChI=1S/C20H27N3O2S/c1-11-18(12(2)24)19(22-13(3)21-11)26-10-17(25)23-20-7-14-4-15(8-20)6-16(5-14)9-20/h14-16H,4-10H2,1-3H3,(H,23,25). The Kier molecular flexibility index (Phi) is 4.58. The normalized spacial score (nSPS) is 31.9. The molecular formula is C20H27N3O2S. The molecule has 4 fully saturated rings. The van der Waals surface area contributed by atoms with Crippen LogP contribution < -0.4 is 5.32 Å². The first-order chi connectivity index (χ1) is 12.3. The molecule has 6 heteroatoms. The number of nitrogens with one attached hydrogen (secondary N) is 1. The summed E-state index contributed by atoms with van der Waals surface area (Å²) in [6.07, 6.45) is 7.56. The lowest BCUT2D eigenvalue weighted by Crippen LogP contribution is -2.60. The van der Waals surface area contributed by atoms with E-state index < -0.39 is 0 Å². The fraction of sp³-hybridized carbons (Fsp3) is 0.700. The molecule has 4 aliphatic carbocycles. The number of aryl methyl sites for hydroxylation is 2. The lowest BCUT2D eigenvalue weighted by molar-refractivity contribution is -0.124. The molecule has 5 nitrogen and oxygen atoms in total. The number of hydrogen-bond donors (Lipinski definition) is 1. The van der Waals surface area contributed by atoms with Crippen molar-refractivity contribution < 1.29 is 9.59 Å². The van der Waals surface area contributed by atoms with Gasteiger partial charge in [0, 0.05) is 5.54 Å². The van der Waals surface area contributed by atoms with E-state index in [1.54, 1.807) is 0 Å². The van der Waals surface area contributed by atoms with Gasteiger partial charge in [0.15, 0.2) is 5.78 Å². The number of nitrogens with zero attached hydrogens (tertiary/aromatic N) is 2. The first kappa shape index (κ1) is 18.0. The second-order valence-electron chi connectivity index (χ2n) is 8.63. The average Bonchev–Trinajstić information content (AvgIpc) is 2.50.